The molecule has 0 aromatic carbocycles. The summed E-state index contributed by atoms with van der Waals surface area (Å²) in [6.45, 7) is 4.55. The lowest BCUT2D eigenvalue weighted by atomic mass is 9.87. The fourth-order valence-corrected chi connectivity index (χ4v) is 2.92. The first-order valence-corrected chi connectivity index (χ1v) is 6.86. The number of rotatable bonds is 5. The summed E-state index contributed by atoms with van der Waals surface area (Å²) in [5, 5.41) is 12.3. The smallest absolute Gasteiger partial charge is 0.226 e. The van der Waals surface area contributed by atoms with Crippen LogP contribution >= 0.6 is 0 Å². The highest BCUT2D eigenvalue weighted by molar-refractivity contribution is 5.79. The number of carbonyl (C=O) groups excluding carboxylic acids is 1. The second-order valence-corrected chi connectivity index (χ2v) is 5.40. The minimum atomic E-state index is 0.0812. The van der Waals surface area contributed by atoms with E-state index in [1.165, 1.54) is 12.8 Å². The highest BCUT2D eigenvalue weighted by atomic mass is 16.3. The van der Waals surface area contributed by atoms with Gasteiger partial charge in [0.25, 0.3) is 0 Å². The molecule has 0 bridgehead atoms. The van der Waals surface area contributed by atoms with E-state index in [2.05, 4.69) is 5.32 Å². The standard InChI is InChI=1S/C13H24N2O2/c1-10(11-8-14-9-11)13(17)15(6-7-16)12-4-2-3-5-12/h10-12,14,16H,2-9H2,1H3. The van der Waals surface area contributed by atoms with Crippen LogP contribution < -0.4 is 5.32 Å². The van der Waals surface area contributed by atoms with Crippen molar-refractivity contribution in [1.29, 1.82) is 0 Å². The minimum absolute atomic E-state index is 0.0812. The van der Waals surface area contributed by atoms with Crippen molar-refractivity contribution < 1.29 is 9.90 Å². The van der Waals surface area contributed by atoms with Crippen molar-refractivity contribution in [2.24, 2.45) is 11.8 Å². The zero-order valence-electron chi connectivity index (χ0n) is 10.7. The lowest BCUT2D eigenvalue weighted by Gasteiger charge is -2.37. The summed E-state index contributed by atoms with van der Waals surface area (Å²) in [5.41, 5.74) is 0. The molecule has 0 aromatic rings. The Hall–Kier alpha value is -0.610. The Morgan fingerprint density at radius 1 is 1.41 bits per heavy atom. The van der Waals surface area contributed by atoms with Crippen LogP contribution in [0.4, 0.5) is 0 Å². The summed E-state index contributed by atoms with van der Waals surface area (Å²) in [5.74, 6) is 0.839. The van der Waals surface area contributed by atoms with E-state index < -0.39 is 0 Å². The summed E-state index contributed by atoms with van der Waals surface area (Å²) in [7, 11) is 0. The number of carbonyl (C=O) groups is 1. The Labute approximate surface area is 103 Å². The topological polar surface area (TPSA) is 52.6 Å². The molecule has 1 heterocycles. The van der Waals surface area contributed by atoms with E-state index in [0.29, 0.717) is 18.5 Å². The quantitative estimate of drug-likeness (QED) is 0.740. The molecule has 1 aliphatic carbocycles. The third-order valence-electron chi connectivity index (χ3n) is 4.30. The van der Waals surface area contributed by atoms with Gasteiger partial charge in [0, 0.05) is 18.5 Å². The van der Waals surface area contributed by atoms with Gasteiger partial charge in [0.1, 0.15) is 0 Å². The molecule has 1 unspecified atom stereocenters. The fourth-order valence-electron chi connectivity index (χ4n) is 2.92. The second-order valence-electron chi connectivity index (χ2n) is 5.40. The summed E-state index contributed by atoms with van der Waals surface area (Å²) in [6.07, 6.45) is 4.67. The molecule has 4 heteroatoms. The van der Waals surface area contributed by atoms with Gasteiger partial charge in [-0.1, -0.05) is 19.8 Å². The number of aliphatic hydroxyl groups excluding tert-OH is 1. The summed E-state index contributed by atoms with van der Waals surface area (Å²) in [6, 6.07) is 0.380. The summed E-state index contributed by atoms with van der Waals surface area (Å²) >= 11 is 0. The number of nitrogens with one attached hydrogen (secondary N) is 1. The molecule has 0 aromatic heterocycles. The zero-order chi connectivity index (χ0) is 12.3. The molecule has 2 aliphatic rings. The largest absolute Gasteiger partial charge is 0.395 e. The molecule has 1 saturated heterocycles. The normalized spacial score (nSPS) is 23.4. The molecule has 2 fully saturated rings. The van der Waals surface area contributed by atoms with Gasteiger partial charge in [-0.3, -0.25) is 4.79 Å². The van der Waals surface area contributed by atoms with E-state index in [0.717, 1.165) is 25.9 Å². The zero-order valence-corrected chi connectivity index (χ0v) is 10.7. The van der Waals surface area contributed by atoms with Crippen LogP contribution in [0.25, 0.3) is 0 Å². The van der Waals surface area contributed by atoms with Crippen LogP contribution in [0.3, 0.4) is 0 Å². The lowest BCUT2D eigenvalue weighted by molar-refractivity contribution is -0.140. The number of amides is 1. The fraction of sp³-hybridized carbons (Fsp3) is 0.923. The first kappa shape index (κ1) is 12.8. The van der Waals surface area contributed by atoms with Crippen molar-refractivity contribution in [1.82, 2.24) is 10.2 Å². The predicted octanol–water partition coefficient (Wildman–Crippen LogP) is 0.605. The van der Waals surface area contributed by atoms with Crippen molar-refractivity contribution in [3.05, 3.63) is 0 Å². The number of aliphatic hydroxyl groups is 1. The molecule has 4 nitrogen and oxygen atoms in total. The van der Waals surface area contributed by atoms with Crippen LogP contribution in [0.1, 0.15) is 32.6 Å². The van der Waals surface area contributed by atoms with Gasteiger partial charge in [-0.25, -0.2) is 0 Å². The average molecular weight is 240 g/mol. The van der Waals surface area contributed by atoms with Crippen LogP contribution in [-0.4, -0.2) is 48.2 Å². The third-order valence-corrected chi connectivity index (χ3v) is 4.30. The van der Waals surface area contributed by atoms with Gasteiger partial charge >= 0.3 is 0 Å². The van der Waals surface area contributed by atoms with E-state index in [-0.39, 0.29) is 18.4 Å². The second kappa shape index (κ2) is 5.83. The van der Waals surface area contributed by atoms with E-state index in [4.69, 9.17) is 5.11 Å². The maximum atomic E-state index is 12.4. The average Bonchev–Trinajstić information content (AvgIpc) is 2.75. The van der Waals surface area contributed by atoms with E-state index in [9.17, 15) is 4.79 Å². The minimum Gasteiger partial charge on any atom is -0.395 e. The molecule has 17 heavy (non-hydrogen) atoms. The number of hydrogen-bond acceptors (Lipinski definition) is 3. The van der Waals surface area contributed by atoms with Crippen LogP contribution in [0.15, 0.2) is 0 Å². The van der Waals surface area contributed by atoms with E-state index in [1.807, 2.05) is 11.8 Å². The maximum absolute atomic E-state index is 12.4. The van der Waals surface area contributed by atoms with E-state index in [1.54, 1.807) is 0 Å². The molecular formula is C13H24N2O2. The van der Waals surface area contributed by atoms with Crippen LogP contribution in [0, 0.1) is 11.8 Å². The molecule has 1 atom stereocenters. The van der Waals surface area contributed by atoms with Crippen molar-refractivity contribution in [3.8, 4) is 0 Å². The molecule has 1 aliphatic heterocycles. The summed E-state index contributed by atoms with van der Waals surface area (Å²) in [4.78, 5) is 14.4. The lowest BCUT2D eigenvalue weighted by Crippen LogP contribution is -2.52. The molecular weight excluding hydrogens is 216 g/mol. The predicted molar refractivity (Wildman–Crippen MR) is 66.6 cm³/mol. The Morgan fingerprint density at radius 2 is 2.06 bits per heavy atom. The third kappa shape index (κ3) is 2.80. The molecule has 2 rings (SSSR count). The highest BCUT2D eigenvalue weighted by Crippen LogP contribution is 2.26. The van der Waals surface area contributed by atoms with Crippen LogP contribution in [-0.2, 0) is 4.79 Å². The Morgan fingerprint density at radius 3 is 2.53 bits per heavy atom. The van der Waals surface area contributed by atoms with Crippen molar-refractivity contribution in [2.45, 2.75) is 38.6 Å². The van der Waals surface area contributed by atoms with Crippen LogP contribution in [0.2, 0.25) is 0 Å². The molecule has 0 radical (unpaired) electrons. The Bertz CT molecular complexity index is 260. The maximum Gasteiger partial charge on any atom is 0.226 e. The Balaban J connectivity index is 1.95. The highest BCUT2D eigenvalue weighted by Gasteiger charge is 2.34. The van der Waals surface area contributed by atoms with Gasteiger partial charge < -0.3 is 15.3 Å². The van der Waals surface area contributed by atoms with Crippen LogP contribution in [0.5, 0.6) is 0 Å². The van der Waals surface area contributed by atoms with Crippen molar-refractivity contribution >= 4 is 5.91 Å². The number of nitrogens with zero attached hydrogens (tertiary/aromatic N) is 1. The summed E-state index contributed by atoms with van der Waals surface area (Å²) < 4.78 is 0. The Kier molecular flexibility index (Phi) is 4.40. The van der Waals surface area contributed by atoms with E-state index >= 15 is 0 Å². The van der Waals surface area contributed by atoms with Crippen molar-refractivity contribution in [2.75, 3.05) is 26.2 Å². The van der Waals surface area contributed by atoms with Crippen molar-refractivity contribution in [3.63, 3.8) is 0 Å². The van der Waals surface area contributed by atoms with Gasteiger partial charge in [0.2, 0.25) is 5.91 Å². The molecule has 98 valence electrons. The van der Waals surface area contributed by atoms with Gasteiger partial charge in [0.05, 0.1) is 6.61 Å². The molecule has 1 amide bonds. The van der Waals surface area contributed by atoms with Gasteiger partial charge in [-0.05, 0) is 31.8 Å². The van der Waals surface area contributed by atoms with Gasteiger partial charge in [0.15, 0.2) is 0 Å². The van der Waals surface area contributed by atoms with Gasteiger partial charge in [-0.15, -0.1) is 0 Å². The SMILES string of the molecule is CC(C(=O)N(CCO)C1CCCC1)C1CNC1. The monoisotopic (exact) mass is 240 g/mol. The first-order valence-electron chi connectivity index (χ1n) is 6.86. The van der Waals surface area contributed by atoms with Gasteiger partial charge in [-0.2, -0.15) is 0 Å². The number of hydrogen-bond donors (Lipinski definition) is 2. The molecule has 0 spiro atoms. The first-order chi connectivity index (χ1) is 8.24. The molecule has 2 N–H and O–H groups in total. The molecule has 1 saturated carbocycles.